The fourth-order valence-electron chi connectivity index (χ4n) is 2.30. The zero-order chi connectivity index (χ0) is 13.9. The standard InChI is InChI=1S/C14H22N2O2S/c1-3-16(11-12-5-4-6-12)19(17,18)14-9-7-13(15-2)8-10-14/h7-10,12,15H,3-6,11H2,1-2H3. The predicted molar refractivity (Wildman–Crippen MR) is 77.8 cm³/mol. The SMILES string of the molecule is CCN(CC1CCC1)S(=O)(=O)c1ccc(NC)cc1. The first kappa shape index (κ1) is 14.3. The number of anilines is 1. The summed E-state index contributed by atoms with van der Waals surface area (Å²) in [7, 11) is -1.52. The van der Waals surface area contributed by atoms with Crippen LogP contribution in [0.15, 0.2) is 29.2 Å². The van der Waals surface area contributed by atoms with Gasteiger partial charge in [-0.1, -0.05) is 13.3 Å². The maximum atomic E-state index is 12.5. The molecule has 0 amide bonds. The van der Waals surface area contributed by atoms with E-state index in [1.165, 1.54) is 6.42 Å². The Bertz CT molecular complexity index is 507. The van der Waals surface area contributed by atoms with Crippen LogP contribution in [0.4, 0.5) is 5.69 Å². The molecule has 0 spiro atoms. The van der Waals surface area contributed by atoms with E-state index in [1.54, 1.807) is 28.6 Å². The van der Waals surface area contributed by atoms with Gasteiger partial charge in [0, 0.05) is 25.8 Å². The first-order valence-electron chi connectivity index (χ1n) is 6.86. The molecule has 1 aliphatic carbocycles. The Morgan fingerprint density at radius 2 is 1.89 bits per heavy atom. The summed E-state index contributed by atoms with van der Waals surface area (Å²) in [5.41, 5.74) is 0.918. The van der Waals surface area contributed by atoms with Gasteiger partial charge >= 0.3 is 0 Å². The van der Waals surface area contributed by atoms with Crippen LogP contribution in [-0.4, -0.2) is 32.9 Å². The van der Waals surface area contributed by atoms with E-state index >= 15 is 0 Å². The molecule has 0 heterocycles. The van der Waals surface area contributed by atoms with Gasteiger partial charge in [0.05, 0.1) is 4.90 Å². The van der Waals surface area contributed by atoms with Crippen molar-refractivity contribution in [3.05, 3.63) is 24.3 Å². The Kier molecular flexibility index (Phi) is 4.47. The van der Waals surface area contributed by atoms with Gasteiger partial charge in [-0.2, -0.15) is 4.31 Å². The zero-order valence-corrected chi connectivity index (χ0v) is 12.4. The lowest BCUT2D eigenvalue weighted by Crippen LogP contribution is -2.37. The summed E-state index contributed by atoms with van der Waals surface area (Å²) in [5.74, 6) is 0.548. The number of nitrogens with zero attached hydrogens (tertiary/aromatic N) is 1. The molecule has 5 heteroatoms. The second-order valence-corrected chi connectivity index (χ2v) is 6.96. The van der Waals surface area contributed by atoms with Crippen LogP contribution < -0.4 is 5.32 Å². The van der Waals surface area contributed by atoms with Gasteiger partial charge in [-0.05, 0) is 43.0 Å². The van der Waals surface area contributed by atoms with Gasteiger partial charge in [-0.25, -0.2) is 8.42 Å². The Balaban J connectivity index is 2.17. The zero-order valence-electron chi connectivity index (χ0n) is 11.6. The lowest BCUT2D eigenvalue weighted by molar-refractivity contribution is 0.250. The minimum atomic E-state index is -3.34. The molecule has 1 aliphatic rings. The van der Waals surface area contributed by atoms with Crippen LogP contribution in [-0.2, 0) is 10.0 Å². The van der Waals surface area contributed by atoms with Crippen molar-refractivity contribution >= 4 is 15.7 Å². The molecule has 0 aromatic heterocycles. The van der Waals surface area contributed by atoms with E-state index in [0.717, 1.165) is 18.5 Å². The summed E-state index contributed by atoms with van der Waals surface area (Å²) in [6.45, 7) is 3.09. The molecule has 19 heavy (non-hydrogen) atoms. The van der Waals surface area contributed by atoms with E-state index in [4.69, 9.17) is 0 Å². The maximum absolute atomic E-state index is 12.5. The molecule has 0 unspecified atom stereocenters. The molecule has 1 aromatic rings. The highest BCUT2D eigenvalue weighted by Gasteiger charge is 2.28. The van der Waals surface area contributed by atoms with Crippen molar-refractivity contribution in [1.29, 1.82) is 0 Å². The third kappa shape index (κ3) is 3.09. The number of rotatable bonds is 6. The summed E-state index contributed by atoms with van der Waals surface area (Å²) >= 11 is 0. The van der Waals surface area contributed by atoms with E-state index in [1.807, 2.05) is 14.0 Å². The Morgan fingerprint density at radius 1 is 1.26 bits per heavy atom. The molecular weight excluding hydrogens is 260 g/mol. The fourth-order valence-corrected chi connectivity index (χ4v) is 3.83. The Hall–Kier alpha value is -1.07. The maximum Gasteiger partial charge on any atom is 0.243 e. The van der Waals surface area contributed by atoms with Crippen LogP contribution in [0.5, 0.6) is 0 Å². The summed E-state index contributed by atoms with van der Waals surface area (Å²) in [4.78, 5) is 0.382. The molecule has 0 saturated heterocycles. The molecule has 1 aromatic carbocycles. The quantitative estimate of drug-likeness (QED) is 0.872. The van der Waals surface area contributed by atoms with Crippen LogP contribution in [0, 0.1) is 5.92 Å². The Morgan fingerprint density at radius 3 is 2.32 bits per heavy atom. The molecule has 0 atom stereocenters. The number of hydrogen-bond acceptors (Lipinski definition) is 3. The predicted octanol–water partition coefficient (Wildman–Crippen LogP) is 2.54. The van der Waals surface area contributed by atoms with Crippen molar-refractivity contribution in [2.24, 2.45) is 5.92 Å². The third-order valence-corrected chi connectivity index (χ3v) is 5.78. The van der Waals surface area contributed by atoms with Crippen molar-refractivity contribution < 1.29 is 8.42 Å². The highest BCUT2D eigenvalue weighted by molar-refractivity contribution is 7.89. The summed E-state index contributed by atoms with van der Waals surface area (Å²) in [6, 6.07) is 6.93. The van der Waals surface area contributed by atoms with Gasteiger partial charge in [0.15, 0.2) is 0 Å². The van der Waals surface area contributed by atoms with Crippen LogP contribution in [0.3, 0.4) is 0 Å². The van der Waals surface area contributed by atoms with Crippen molar-refractivity contribution in [3.63, 3.8) is 0 Å². The first-order chi connectivity index (χ1) is 9.07. The third-order valence-electron chi connectivity index (χ3n) is 3.82. The van der Waals surface area contributed by atoms with Crippen molar-refractivity contribution in [2.45, 2.75) is 31.1 Å². The molecule has 2 rings (SSSR count). The molecule has 1 fully saturated rings. The van der Waals surface area contributed by atoms with E-state index in [9.17, 15) is 8.42 Å². The Labute approximate surface area is 115 Å². The second-order valence-electron chi connectivity index (χ2n) is 5.03. The monoisotopic (exact) mass is 282 g/mol. The highest BCUT2D eigenvalue weighted by Crippen LogP contribution is 2.29. The summed E-state index contributed by atoms with van der Waals surface area (Å²) in [5, 5.41) is 2.99. The normalized spacial score (nSPS) is 16.4. The minimum absolute atomic E-state index is 0.382. The van der Waals surface area contributed by atoms with E-state index in [-0.39, 0.29) is 0 Å². The van der Waals surface area contributed by atoms with Crippen LogP contribution >= 0.6 is 0 Å². The number of nitrogens with one attached hydrogen (secondary N) is 1. The highest BCUT2D eigenvalue weighted by atomic mass is 32.2. The number of hydrogen-bond donors (Lipinski definition) is 1. The molecule has 0 aliphatic heterocycles. The van der Waals surface area contributed by atoms with Crippen LogP contribution in [0.25, 0.3) is 0 Å². The van der Waals surface area contributed by atoms with Gasteiger partial charge in [0.25, 0.3) is 0 Å². The van der Waals surface area contributed by atoms with Crippen molar-refractivity contribution in [3.8, 4) is 0 Å². The van der Waals surface area contributed by atoms with Crippen LogP contribution in [0.1, 0.15) is 26.2 Å². The van der Waals surface area contributed by atoms with Crippen molar-refractivity contribution in [1.82, 2.24) is 4.31 Å². The number of benzene rings is 1. The van der Waals surface area contributed by atoms with Crippen LogP contribution in [0.2, 0.25) is 0 Å². The lowest BCUT2D eigenvalue weighted by Gasteiger charge is -2.31. The lowest BCUT2D eigenvalue weighted by atomic mass is 9.85. The molecule has 0 bridgehead atoms. The average Bonchev–Trinajstić information content (AvgIpc) is 2.37. The molecule has 0 radical (unpaired) electrons. The van der Waals surface area contributed by atoms with Gasteiger partial charge in [-0.3, -0.25) is 0 Å². The molecule has 1 saturated carbocycles. The minimum Gasteiger partial charge on any atom is -0.388 e. The summed E-state index contributed by atoms with van der Waals surface area (Å²) in [6.07, 6.45) is 3.55. The van der Waals surface area contributed by atoms with E-state index in [2.05, 4.69) is 5.32 Å². The molecular formula is C14H22N2O2S. The average molecular weight is 282 g/mol. The largest absolute Gasteiger partial charge is 0.388 e. The summed E-state index contributed by atoms with van der Waals surface area (Å²) < 4.78 is 26.7. The topological polar surface area (TPSA) is 49.4 Å². The number of sulfonamides is 1. The van der Waals surface area contributed by atoms with E-state index in [0.29, 0.717) is 23.9 Å². The fraction of sp³-hybridized carbons (Fsp3) is 0.571. The van der Waals surface area contributed by atoms with E-state index < -0.39 is 10.0 Å². The first-order valence-corrected chi connectivity index (χ1v) is 8.30. The second kappa shape index (κ2) is 5.92. The van der Waals surface area contributed by atoms with Crippen molar-refractivity contribution in [2.75, 3.05) is 25.5 Å². The molecule has 4 nitrogen and oxygen atoms in total. The van der Waals surface area contributed by atoms with Gasteiger partial charge in [0.2, 0.25) is 10.0 Å². The molecule has 1 N–H and O–H groups in total. The smallest absolute Gasteiger partial charge is 0.243 e. The van der Waals surface area contributed by atoms with Gasteiger partial charge in [0.1, 0.15) is 0 Å². The van der Waals surface area contributed by atoms with Gasteiger partial charge < -0.3 is 5.32 Å². The molecule has 106 valence electrons. The van der Waals surface area contributed by atoms with Gasteiger partial charge in [-0.15, -0.1) is 0 Å².